The first-order valence-corrected chi connectivity index (χ1v) is 9.45. The van der Waals surface area contributed by atoms with E-state index >= 15 is 0 Å². The zero-order valence-corrected chi connectivity index (χ0v) is 14.5. The van der Waals surface area contributed by atoms with Crippen molar-refractivity contribution in [3.63, 3.8) is 0 Å². The highest BCUT2D eigenvalue weighted by Crippen LogP contribution is 2.38. The summed E-state index contributed by atoms with van der Waals surface area (Å²) in [5.74, 6) is 0.794. The summed E-state index contributed by atoms with van der Waals surface area (Å²) in [7, 11) is -0.643. The average molecular weight is 301 g/mol. The molecule has 3 nitrogen and oxygen atoms in total. The Morgan fingerprint density at radius 3 is 2.50 bits per heavy atom. The number of hydrogen-bond acceptors (Lipinski definition) is 3. The van der Waals surface area contributed by atoms with Gasteiger partial charge in [0.05, 0.1) is 11.2 Å². The molecule has 2 aliphatic rings. The van der Waals surface area contributed by atoms with Gasteiger partial charge >= 0.3 is 0 Å². The van der Waals surface area contributed by atoms with Gasteiger partial charge in [-0.2, -0.15) is 0 Å². The van der Waals surface area contributed by atoms with Gasteiger partial charge in [-0.3, -0.25) is 4.21 Å². The van der Waals surface area contributed by atoms with Crippen LogP contribution in [-0.2, 0) is 15.5 Å². The van der Waals surface area contributed by atoms with Crippen LogP contribution < -0.4 is 5.32 Å². The number of nitrogens with one attached hydrogen (secondary N) is 1. The molecule has 2 fully saturated rings. The van der Waals surface area contributed by atoms with Crippen molar-refractivity contribution in [2.75, 3.05) is 5.75 Å². The van der Waals surface area contributed by atoms with Gasteiger partial charge in [0, 0.05) is 33.9 Å². The maximum atomic E-state index is 12.0. The van der Waals surface area contributed by atoms with E-state index < -0.39 is 10.8 Å². The molecule has 0 aromatic rings. The Balaban J connectivity index is 1.94. The van der Waals surface area contributed by atoms with Gasteiger partial charge in [-0.1, -0.05) is 13.3 Å². The Morgan fingerprint density at radius 2 is 1.95 bits per heavy atom. The SMILES string of the molecule is CC[S@@](=O)[C@@H]1CCC[C@H](N[C@@H]2CC(C)(C)OC2(C)C)C1. The third kappa shape index (κ3) is 3.83. The molecule has 4 atom stereocenters. The number of ether oxygens (including phenoxy) is 1. The van der Waals surface area contributed by atoms with Gasteiger partial charge in [-0.05, 0) is 53.4 Å². The molecular formula is C16H31NO2S. The number of rotatable bonds is 4. The summed E-state index contributed by atoms with van der Waals surface area (Å²) in [4.78, 5) is 0. The largest absolute Gasteiger partial charge is 0.368 e. The van der Waals surface area contributed by atoms with E-state index in [-0.39, 0.29) is 11.2 Å². The maximum Gasteiger partial charge on any atom is 0.0787 e. The molecule has 20 heavy (non-hydrogen) atoms. The molecule has 1 heterocycles. The second-order valence-electron chi connectivity index (χ2n) is 7.54. The molecule has 1 saturated carbocycles. The normalized spacial score (nSPS) is 37.8. The lowest BCUT2D eigenvalue weighted by Crippen LogP contribution is -2.50. The molecule has 0 aromatic heterocycles. The Bertz CT molecular complexity index is 367. The van der Waals surface area contributed by atoms with Gasteiger partial charge < -0.3 is 10.1 Å². The van der Waals surface area contributed by atoms with Gasteiger partial charge in [-0.25, -0.2) is 0 Å². The molecule has 0 radical (unpaired) electrons. The van der Waals surface area contributed by atoms with E-state index in [2.05, 4.69) is 33.0 Å². The molecule has 0 unspecified atom stereocenters. The zero-order valence-electron chi connectivity index (χ0n) is 13.7. The van der Waals surface area contributed by atoms with Crippen LogP contribution in [0.4, 0.5) is 0 Å². The smallest absolute Gasteiger partial charge is 0.0787 e. The predicted molar refractivity (Wildman–Crippen MR) is 85.5 cm³/mol. The first kappa shape index (κ1) is 16.4. The van der Waals surface area contributed by atoms with Gasteiger partial charge in [0.2, 0.25) is 0 Å². The lowest BCUT2D eigenvalue weighted by Gasteiger charge is -2.35. The van der Waals surface area contributed by atoms with E-state index in [1.54, 1.807) is 0 Å². The van der Waals surface area contributed by atoms with Crippen molar-refractivity contribution in [1.82, 2.24) is 5.32 Å². The molecular weight excluding hydrogens is 270 g/mol. The summed E-state index contributed by atoms with van der Waals surface area (Å²) in [6, 6.07) is 0.905. The van der Waals surface area contributed by atoms with Gasteiger partial charge in [0.25, 0.3) is 0 Å². The molecule has 1 N–H and O–H groups in total. The Hall–Kier alpha value is 0.0700. The standard InChI is InChI=1S/C16H31NO2S/c1-6-20(18)13-9-7-8-12(10-13)17-14-11-15(2,3)19-16(14,4)5/h12-14,17H,6-11H2,1-5H3/t12-,13+,14+,20+/m0/s1. The van der Waals surface area contributed by atoms with Crippen molar-refractivity contribution in [1.29, 1.82) is 0 Å². The molecule has 0 bridgehead atoms. The molecule has 1 saturated heterocycles. The van der Waals surface area contributed by atoms with Gasteiger partial charge in [0.1, 0.15) is 0 Å². The summed E-state index contributed by atoms with van der Waals surface area (Å²) in [6.45, 7) is 10.7. The van der Waals surface area contributed by atoms with Crippen LogP contribution in [0, 0.1) is 0 Å². The van der Waals surface area contributed by atoms with Crippen molar-refractivity contribution in [3.8, 4) is 0 Å². The van der Waals surface area contributed by atoms with E-state index in [1.165, 1.54) is 12.8 Å². The van der Waals surface area contributed by atoms with E-state index in [1.807, 2.05) is 6.92 Å². The highest BCUT2D eigenvalue weighted by Gasteiger charge is 2.46. The molecule has 0 spiro atoms. The summed E-state index contributed by atoms with van der Waals surface area (Å²) >= 11 is 0. The van der Waals surface area contributed by atoms with Crippen LogP contribution in [0.3, 0.4) is 0 Å². The first-order chi connectivity index (χ1) is 9.23. The highest BCUT2D eigenvalue weighted by molar-refractivity contribution is 7.85. The molecule has 0 amide bonds. The molecule has 2 rings (SSSR count). The predicted octanol–water partition coefficient (Wildman–Crippen LogP) is 3.00. The lowest BCUT2D eigenvalue weighted by atomic mass is 9.90. The van der Waals surface area contributed by atoms with E-state index in [0.717, 1.165) is 25.0 Å². The Kier molecular flexibility index (Phi) is 4.98. The second kappa shape index (κ2) is 6.05. The highest BCUT2D eigenvalue weighted by atomic mass is 32.2. The zero-order chi connectivity index (χ0) is 15.0. The summed E-state index contributed by atoms with van der Waals surface area (Å²) in [5, 5.41) is 4.21. The minimum atomic E-state index is -0.643. The minimum Gasteiger partial charge on any atom is -0.368 e. The topological polar surface area (TPSA) is 38.3 Å². The maximum absolute atomic E-state index is 12.0. The van der Waals surface area contributed by atoms with Crippen molar-refractivity contribution >= 4 is 10.8 Å². The average Bonchev–Trinajstić information content (AvgIpc) is 2.56. The van der Waals surface area contributed by atoms with Gasteiger partial charge in [-0.15, -0.1) is 0 Å². The fourth-order valence-electron chi connectivity index (χ4n) is 3.88. The molecule has 1 aliphatic heterocycles. The van der Waals surface area contributed by atoms with Crippen LogP contribution >= 0.6 is 0 Å². The minimum absolute atomic E-state index is 0.0402. The van der Waals surface area contributed by atoms with Crippen LogP contribution in [-0.4, -0.2) is 38.5 Å². The Labute approximate surface area is 126 Å². The monoisotopic (exact) mass is 301 g/mol. The molecule has 0 aromatic carbocycles. The van der Waals surface area contributed by atoms with Crippen LogP contribution in [0.5, 0.6) is 0 Å². The van der Waals surface area contributed by atoms with Crippen molar-refractivity contribution < 1.29 is 8.95 Å². The third-order valence-corrected chi connectivity index (χ3v) is 6.53. The van der Waals surface area contributed by atoms with Crippen molar-refractivity contribution in [2.45, 2.75) is 95.3 Å². The number of hydrogen-bond donors (Lipinski definition) is 1. The fraction of sp³-hybridized carbons (Fsp3) is 1.00. The lowest BCUT2D eigenvalue weighted by molar-refractivity contribution is -0.0706. The van der Waals surface area contributed by atoms with E-state index in [4.69, 9.17) is 4.74 Å². The first-order valence-electron chi connectivity index (χ1n) is 8.07. The Morgan fingerprint density at radius 1 is 1.25 bits per heavy atom. The summed E-state index contributed by atoms with van der Waals surface area (Å²) in [5.41, 5.74) is -0.151. The summed E-state index contributed by atoms with van der Waals surface area (Å²) < 4.78 is 18.2. The summed E-state index contributed by atoms with van der Waals surface area (Å²) in [6.07, 6.45) is 5.66. The van der Waals surface area contributed by atoms with Crippen LogP contribution in [0.15, 0.2) is 0 Å². The quantitative estimate of drug-likeness (QED) is 0.867. The molecule has 1 aliphatic carbocycles. The van der Waals surface area contributed by atoms with Crippen LogP contribution in [0.25, 0.3) is 0 Å². The van der Waals surface area contributed by atoms with Crippen molar-refractivity contribution in [3.05, 3.63) is 0 Å². The van der Waals surface area contributed by atoms with E-state index in [0.29, 0.717) is 17.3 Å². The second-order valence-corrected chi connectivity index (χ2v) is 9.55. The van der Waals surface area contributed by atoms with Gasteiger partial charge in [0.15, 0.2) is 0 Å². The third-order valence-electron chi connectivity index (χ3n) is 4.79. The van der Waals surface area contributed by atoms with Crippen molar-refractivity contribution in [2.24, 2.45) is 0 Å². The van der Waals surface area contributed by atoms with Crippen LogP contribution in [0.1, 0.15) is 66.7 Å². The van der Waals surface area contributed by atoms with Crippen LogP contribution in [0.2, 0.25) is 0 Å². The molecule has 118 valence electrons. The van der Waals surface area contributed by atoms with E-state index in [9.17, 15) is 4.21 Å². The molecule has 4 heteroatoms. The fourth-order valence-corrected chi connectivity index (χ4v) is 5.23.